The van der Waals surface area contributed by atoms with Gasteiger partial charge in [-0.2, -0.15) is 0 Å². The van der Waals surface area contributed by atoms with Crippen LogP contribution in [0, 0.1) is 19.8 Å². The largest absolute Gasteiger partial charge is 0.494 e. The number of carbonyl (C=O) groups is 2. The van der Waals surface area contributed by atoms with Crippen LogP contribution in [0.2, 0.25) is 0 Å². The molecule has 1 aliphatic rings. The quantitative estimate of drug-likeness (QED) is 0.631. The molecule has 5 nitrogen and oxygen atoms in total. The van der Waals surface area contributed by atoms with Gasteiger partial charge in [-0.1, -0.05) is 39.0 Å². The molecule has 0 radical (unpaired) electrons. The summed E-state index contributed by atoms with van der Waals surface area (Å²) in [4.78, 5) is 27.7. The predicted octanol–water partition coefficient (Wildman–Crippen LogP) is 4.94. The summed E-state index contributed by atoms with van der Waals surface area (Å²) >= 11 is 0. The molecule has 0 saturated carbocycles. The molecular formula is C25H30N2O3. The zero-order valence-corrected chi connectivity index (χ0v) is 18.4. The highest BCUT2D eigenvalue weighted by Gasteiger charge is 2.39. The standard InChI is InChI=1S/C25H30N2O3/c1-6-13-30-21-11-8-19(9-12-21)22-23(25(29)27(24(22)28)15-16(2)3)26-20-10-7-17(4)18(5)14-20/h7-12,14,16,26H,6,13,15H2,1-5H3. The van der Waals surface area contributed by atoms with Crippen molar-refractivity contribution in [2.45, 2.75) is 41.0 Å². The monoisotopic (exact) mass is 406 g/mol. The fourth-order valence-corrected chi connectivity index (χ4v) is 3.39. The number of hydrogen-bond acceptors (Lipinski definition) is 4. The van der Waals surface area contributed by atoms with E-state index < -0.39 is 0 Å². The number of rotatable bonds is 8. The first kappa shape index (κ1) is 21.6. The number of imide groups is 1. The Morgan fingerprint density at radius 3 is 2.27 bits per heavy atom. The molecule has 0 bridgehead atoms. The van der Waals surface area contributed by atoms with E-state index in [2.05, 4.69) is 12.2 Å². The van der Waals surface area contributed by atoms with Crippen molar-refractivity contribution in [3.05, 3.63) is 64.9 Å². The average Bonchev–Trinajstić information content (AvgIpc) is 2.93. The number of ether oxygens (including phenoxy) is 1. The average molecular weight is 407 g/mol. The minimum atomic E-state index is -0.284. The molecule has 2 aromatic carbocycles. The molecule has 3 rings (SSSR count). The maximum absolute atomic E-state index is 13.2. The van der Waals surface area contributed by atoms with Gasteiger partial charge in [-0.3, -0.25) is 14.5 Å². The van der Waals surface area contributed by atoms with Crippen molar-refractivity contribution in [1.29, 1.82) is 0 Å². The molecule has 1 aliphatic heterocycles. The second-order valence-electron chi connectivity index (χ2n) is 8.16. The third kappa shape index (κ3) is 4.56. The summed E-state index contributed by atoms with van der Waals surface area (Å²) in [6.45, 7) is 11.1. The van der Waals surface area contributed by atoms with E-state index in [1.165, 1.54) is 10.5 Å². The number of nitrogens with one attached hydrogen (secondary N) is 1. The van der Waals surface area contributed by atoms with Crippen LogP contribution >= 0.6 is 0 Å². The molecule has 0 aromatic heterocycles. The van der Waals surface area contributed by atoms with Crippen molar-refractivity contribution in [3.8, 4) is 5.75 Å². The van der Waals surface area contributed by atoms with Crippen LogP contribution in [-0.2, 0) is 9.59 Å². The topological polar surface area (TPSA) is 58.6 Å². The summed E-state index contributed by atoms with van der Waals surface area (Å²) in [6.07, 6.45) is 0.925. The van der Waals surface area contributed by atoms with Gasteiger partial charge >= 0.3 is 0 Å². The maximum atomic E-state index is 13.2. The molecule has 158 valence electrons. The molecule has 1 heterocycles. The maximum Gasteiger partial charge on any atom is 0.278 e. The van der Waals surface area contributed by atoms with E-state index in [1.807, 2.05) is 70.2 Å². The van der Waals surface area contributed by atoms with Gasteiger partial charge in [-0.05, 0) is 67.1 Å². The van der Waals surface area contributed by atoms with Crippen molar-refractivity contribution in [3.63, 3.8) is 0 Å². The van der Waals surface area contributed by atoms with Crippen molar-refractivity contribution in [2.75, 3.05) is 18.5 Å². The number of nitrogens with zero attached hydrogens (tertiary/aromatic N) is 1. The summed E-state index contributed by atoms with van der Waals surface area (Å²) in [6, 6.07) is 13.3. The Hall–Kier alpha value is -3.08. The molecule has 0 saturated heterocycles. The van der Waals surface area contributed by atoms with Crippen molar-refractivity contribution in [1.82, 2.24) is 4.90 Å². The minimum Gasteiger partial charge on any atom is -0.494 e. The van der Waals surface area contributed by atoms with E-state index in [0.717, 1.165) is 23.4 Å². The molecule has 1 N–H and O–H groups in total. The fraction of sp³-hybridized carbons (Fsp3) is 0.360. The Bertz CT molecular complexity index is 974. The van der Waals surface area contributed by atoms with Crippen LogP contribution in [0.15, 0.2) is 48.2 Å². The first-order chi connectivity index (χ1) is 14.3. The van der Waals surface area contributed by atoms with Crippen molar-refractivity contribution in [2.24, 2.45) is 5.92 Å². The molecular weight excluding hydrogens is 376 g/mol. The molecule has 0 aliphatic carbocycles. The number of carbonyl (C=O) groups excluding carboxylic acids is 2. The highest BCUT2D eigenvalue weighted by Crippen LogP contribution is 2.32. The van der Waals surface area contributed by atoms with Gasteiger partial charge in [0.05, 0.1) is 12.2 Å². The Balaban J connectivity index is 2.00. The zero-order chi connectivity index (χ0) is 21.8. The van der Waals surface area contributed by atoms with Gasteiger partial charge in [0.1, 0.15) is 11.4 Å². The first-order valence-electron chi connectivity index (χ1n) is 10.5. The lowest BCUT2D eigenvalue weighted by molar-refractivity contribution is -0.137. The van der Waals surface area contributed by atoms with Crippen LogP contribution in [0.1, 0.15) is 43.9 Å². The summed E-state index contributed by atoms with van der Waals surface area (Å²) in [5.74, 6) is 0.390. The van der Waals surface area contributed by atoms with Crippen LogP contribution < -0.4 is 10.1 Å². The lowest BCUT2D eigenvalue weighted by Crippen LogP contribution is -2.35. The molecule has 30 heavy (non-hydrogen) atoms. The normalized spacial score (nSPS) is 14.1. The molecule has 0 unspecified atom stereocenters. The number of benzene rings is 2. The van der Waals surface area contributed by atoms with Crippen LogP contribution in [0.25, 0.3) is 5.57 Å². The van der Waals surface area contributed by atoms with E-state index in [1.54, 1.807) is 0 Å². The second-order valence-corrected chi connectivity index (χ2v) is 8.16. The van der Waals surface area contributed by atoms with Gasteiger partial charge in [0.2, 0.25) is 0 Å². The van der Waals surface area contributed by atoms with Gasteiger partial charge < -0.3 is 10.1 Å². The number of aryl methyl sites for hydroxylation is 2. The fourth-order valence-electron chi connectivity index (χ4n) is 3.39. The minimum absolute atomic E-state index is 0.185. The summed E-state index contributed by atoms with van der Waals surface area (Å²) in [5.41, 5.74) is 4.52. The molecule has 2 amide bonds. The Morgan fingerprint density at radius 2 is 1.67 bits per heavy atom. The van der Waals surface area contributed by atoms with Gasteiger partial charge in [0, 0.05) is 12.2 Å². The summed E-state index contributed by atoms with van der Waals surface area (Å²) in [7, 11) is 0. The van der Waals surface area contributed by atoms with E-state index in [9.17, 15) is 9.59 Å². The SMILES string of the molecule is CCCOc1ccc(C2=C(Nc3ccc(C)c(C)c3)C(=O)N(CC(C)C)C2=O)cc1. The Kier molecular flexibility index (Phi) is 6.60. The summed E-state index contributed by atoms with van der Waals surface area (Å²) in [5, 5.41) is 3.23. The smallest absolute Gasteiger partial charge is 0.278 e. The Morgan fingerprint density at radius 1 is 0.967 bits per heavy atom. The molecule has 0 atom stereocenters. The third-order valence-corrected chi connectivity index (χ3v) is 5.11. The van der Waals surface area contributed by atoms with Crippen LogP contribution in [0.5, 0.6) is 5.75 Å². The molecule has 2 aromatic rings. The molecule has 0 spiro atoms. The highest BCUT2D eigenvalue weighted by atomic mass is 16.5. The lowest BCUT2D eigenvalue weighted by Gasteiger charge is -2.17. The third-order valence-electron chi connectivity index (χ3n) is 5.11. The zero-order valence-electron chi connectivity index (χ0n) is 18.4. The van der Waals surface area contributed by atoms with Crippen molar-refractivity contribution >= 4 is 23.1 Å². The lowest BCUT2D eigenvalue weighted by atomic mass is 10.0. The van der Waals surface area contributed by atoms with Crippen LogP contribution in [-0.4, -0.2) is 29.9 Å². The predicted molar refractivity (Wildman–Crippen MR) is 120 cm³/mol. The Labute approximate surface area is 178 Å². The van der Waals surface area contributed by atoms with E-state index in [-0.39, 0.29) is 17.7 Å². The highest BCUT2D eigenvalue weighted by molar-refractivity contribution is 6.36. The van der Waals surface area contributed by atoms with E-state index in [4.69, 9.17) is 4.74 Å². The first-order valence-corrected chi connectivity index (χ1v) is 10.5. The molecule has 5 heteroatoms. The van der Waals surface area contributed by atoms with Gasteiger partial charge in [-0.25, -0.2) is 0 Å². The van der Waals surface area contributed by atoms with Gasteiger partial charge in [-0.15, -0.1) is 0 Å². The van der Waals surface area contributed by atoms with E-state index >= 15 is 0 Å². The number of anilines is 1. The van der Waals surface area contributed by atoms with Crippen molar-refractivity contribution < 1.29 is 14.3 Å². The number of hydrogen-bond donors (Lipinski definition) is 1. The number of amides is 2. The van der Waals surface area contributed by atoms with E-state index in [0.29, 0.717) is 30.0 Å². The van der Waals surface area contributed by atoms with Gasteiger partial charge in [0.15, 0.2) is 0 Å². The summed E-state index contributed by atoms with van der Waals surface area (Å²) < 4.78 is 5.65. The molecule has 0 fully saturated rings. The van der Waals surface area contributed by atoms with Crippen LogP contribution in [0.3, 0.4) is 0 Å². The van der Waals surface area contributed by atoms with Crippen LogP contribution in [0.4, 0.5) is 5.69 Å². The van der Waals surface area contributed by atoms with Gasteiger partial charge in [0.25, 0.3) is 11.8 Å². The second kappa shape index (κ2) is 9.16.